The zero-order valence-electron chi connectivity index (χ0n) is 15.3. The second-order valence-corrected chi connectivity index (χ2v) is 6.33. The molecule has 6 heteroatoms. The second-order valence-electron chi connectivity index (χ2n) is 6.33. The molecule has 27 heavy (non-hydrogen) atoms. The number of para-hydroxylation sites is 1. The summed E-state index contributed by atoms with van der Waals surface area (Å²) < 4.78 is 16.3. The number of carbonyl (C=O) groups is 2. The molecule has 0 N–H and O–H groups in total. The molecular weight excluding hydrogens is 346 g/mol. The molecular formula is C21H23NO5. The highest BCUT2D eigenvalue weighted by Gasteiger charge is 2.17. The Morgan fingerprint density at radius 3 is 2.52 bits per heavy atom. The van der Waals surface area contributed by atoms with Crippen LogP contribution in [0.4, 0.5) is 5.69 Å². The van der Waals surface area contributed by atoms with Crippen LogP contribution >= 0.6 is 0 Å². The van der Waals surface area contributed by atoms with Crippen LogP contribution in [-0.2, 0) is 14.3 Å². The third-order valence-corrected chi connectivity index (χ3v) is 4.39. The van der Waals surface area contributed by atoms with Crippen molar-refractivity contribution in [3.05, 3.63) is 60.2 Å². The number of hydrogen-bond acceptors (Lipinski definition) is 5. The van der Waals surface area contributed by atoms with Gasteiger partial charge in [0.1, 0.15) is 12.4 Å². The molecule has 2 aromatic rings. The van der Waals surface area contributed by atoms with Crippen LogP contribution < -0.4 is 9.64 Å². The Balaban J connectivity index is 1.46. The van der Waals surface area contributed by atoms with Gasteiger partial charge in [0.05, 0.1) is 11.7 Å². The van der Waals surface area contributed by atoms with E-state index < -0.39 is 5.97 Å². The van der Waals surface area contributed by atoms with Gasteiger partial charge in [0.25, 0.3) is 5.91 Å². The molecule has 1 aliphatic rings. The first-order valence-electron chi connectivity index (χ1n) is 8.96. The molecule has 142 valence electrons. The van der Waals surface area contributed by atoms with Gasteiger partial charge in [-0.15, -0.1) is 0 Å². The molecule has 0 spiro atoms. The molecule has 3 rings (SSSR count). The maximum absolute atomic E-state index is 12.2. The molecule has 2 aromatic carbocycles. The molecule has 1 heterocycles. The molecule has 1 aliphatic heterocycles. The van der Waals surface area contributed by atoms with E-state index in [2.05, 4.69) is 0 Å². The van der Waals surface area contributed by atoms with Gasteiger partial charge in [-0.05, 0) is 49.2 Å². The van der Waals surface area contributed by atoms with Gasteiger partial charge in [-0.3, -0.25) is 4.79 Å². The van der Waals surface area contributed by atoms with Gasteiger partial charge in [-0.1, -0.05) is 18.2 Å². The van der Waals surface area contributed by atoms with Gasteiger partial charge in [0.2, 0.25) is 0 Å². The molecule has 0 unspecified atom stereocenters. The number of amides is 1. The fourth-order valence-corrected chi connectivity index (χ4v) is 2.76. The van der Waals surface area contributed by atoms with Crippen molar-refractivity contribution >= 4 is 17.6 Å². The van der Waals surface area contributed by atoms with Gasteiger partial charge >= 0.3 is 5.97 Å². The van der Waals surface area contributed by atoms with Gasteiger partial charge < -0.3 is 19.1 Å². The summed E-state index contributed by atoms with van der Waals surface area (Å²) in [6, 6.07) is 15.9. The summed E-state index contributed by atoms with van der Waals surface area (Å²) in [7, 11) is 1.64. The summed E-state index contributed by atoms with van der Waals surface area (Å²) in [6.07, 6.45) is 2.22. The number of esters is 1. The Morgan fingerprint density at radius 2 is 1.85 bits per heavy atom. The number of hydrogen-bond donors (Lipinski definition) is 0. The highest BCUT2D eigenvalue weighted by atomic mass is 16.5. The van der Waals surface area contributed by atoms with E-state index in [9.17, 15) is 9.59 Å². The number of anilines is 1. The molecule has 1 atom stereocenters. The van der Waals surface area contributed by atoms with Crippen LogP contribution in [0.2, 0.25) is 0 Å². The van der Waals surface area contributed by atoms with Crippen LogP contribution in [0.3, 0.4) is 0 Å². The summed E-state index contributed by atoms with van der Waals surface area (Å²) in [5.41, 5.74) is 1.11. The molecule has 0 radical (unpaired) electrons. The van der Waals surface area contributed by atoms with Gasteiger partial charge in [-0.25, -0.2) is 4.79 Å². The molecule has 1 saturated heterocycles. The summed E-state index contributed by atoms with van der Waals surface area (Å²) in [5.74, 6) is -0.177. The van der Waals surface area contributed by atoms with Crippen molar-refractivity contribution in [2.24, 2.45) is 0 Å². The first-order chi connectivity index (χ1) is 13.1. The van der Waals surface area contributed by atoms with Crippen LogP contribution in [0.5, 0.6) is 5.75 Å². The lowest BCUT2D eigenvalue weighted by atomic mass is 10.2. The minimum absolute atomic E-state index is 0.141. The second kappa shape index (κ2) is 9.19. The summed E-state index contributed by atoms with van der Waals surface area (Å²) in [5, 5.41) is 0. The van der Waals surface area contributed by atoms with E-state index in [1.165, 1.54) is 4.90 Å². The van der Waals surface area contributed by atoms with Crippen LogP contribution in [0.1, 0.15) is 23.2 Å². The van der Waals surface area contributed by atoms with E-state index in [0.717, 1.165) is 25.1 Å². The van der Waals surface area contributed by atoms with E-state index in [1.54, 1.807) is 31.3 Å². The van der Waals surface area contributed by atoms with Crippen molar-refractivity contribution in [2.75, 3.05) is 31.8 Å². The Morgan fingerprint density at radius 1 is 1.11 bits per heavy atom. The topological polar surface area (TPSA) is 65.1 Å². The Hall–Kier alpha value is -2.86. The predicted molar refractivity (Wildman–Crippen MR) is 101 cm³/mol. The first kappa shape index (κ1) is 18.9. The van der Waals surface area contributed by atoms with E-state index in [-0.39, 0.29) is 18.6 Å². The quantitative estimate of drug-likeness (QED) is 0.702. The van der Waals surface area contributed by atoms with E-state index in [4.69, 9.17) is 14.2 Å². The fourth-order valence-electron chi connectivity index (χ4n) is 2.76. The Kier molecular flexibility index (Phi) is 6.44. The summed E-state index contributed by atoms with van der Waals surface area (Å²) in [4.78, 5) is 25.7. The number of likely N-dealkylation sites (N-methyl/N-ethyl adjacent to an activating group) is 1. The van der Waals surface area contributed by atoms with E-state index in [0.29, 0.717) is 17.9 Å². The van der Waals surface area contributed by atoms with Gasteiger partial charge in [0, 0.05) is 19.3 Å². The Labute approximate surface area is 158 Å². The van der Waals surface area contributed by atoms with E-state index >= 15 is 0 Å². The average molecular weight is 369 g/mol. The SMILES string of the molecule is CN(C(=O)COC(=O)c1ccc(OC[C@H]2CCCO2)cc1)c1ccccc1. The van der Waals surface area contributed by atoms with Crippen LogP contribution in [-0.4, -0.2) is 44.8 Å². The number of rotatable bonds is 7. The van der Waals surface area contributed by atoms with Crippen molar-refractivity contribution in [3.63, 3.8) is 0 Å². The highest BCUT2D eigenvalue weighted by molar-refractivity contribution is 5.96. The standard InChI is InChI=1S/C21H23NO5/c1-22(17-6-3-2-4-7-17)20(23)15-27-21(24)16-9-11-18(12-10-16)26-14-19-8-5-13-25-19/h2-4,6-7,9-12,19H,5,8,13-15H2,1H3/t19-/m1/s1. The van der Waals surface area contributed by atoms with E-state index in [1.807, 2.05) is 30.3 Å². The Bertz CT molecular complexity index is 754. The third-order valence-electron chi connectivity index (χ3n) is 4.39. The maximum Gasteiger partial charge on any atom is 0.338 e. The number of nitrogens with zero attached hydrogens (tertiary/aromatic N) is 1. The molecule has 1 amide bonds. The van der Waals surface area contributed by atoms with Crippen LogP contribution in [0, 0.1) is 0 Å². The lowest BCUT2D eigenvalue weighted by Gasteiger charge is -2.17. The molecule has 0 bridgehead atoms. The van der Waals surface area contributed by atoms with Crippen molar-refractivity contribution in [3.8, 4) is 5.75 Å². The summed E-state index contributed by atoms with van der Waals surface area (Å²) >= 11 is 0. The number of benzene rings is 2. The molecule has 0 aromatic heterocycles. The highest BCUT2D eigenvalue weighted by Crippen LogP contribution is 2.17. The lowest BCUT2D eigenvalue weighted by Crippen LogP contribution is -2.31. The molecule has 0 saturated carbocycles. The maximum atomic E-state index is 12.2. The molecule has 1 fully saturated rings. The largest absolute Gasteiger partial charge is 0.491 e. The van der Waals surface area contributed by atoms with Crippen molar-refractivity contribution in [1.82, 2.24) is 0 Å². The van der Waals surface area contributed by atoms with Crippen molar-refractivity contribution in [2.45, 2.75) is 18.9 Å². The average Bonchev–Trinajstić information content (AvgIpc) is 3.24. The van der Waals surface area contributed by atoms with Crippen LogP contribution in [0.25, 0.3) is 0 Å². The van der Waals surface area contributed by atoms with Crippen molar-refractivity contribution < 1.29 is 23.8 Å². The zero-order valence-corrected chi connectivity index (χ0v) is 15.3. The first-order valence-corrected chi connectivity index (χ1v) is 8.96. The van der Waals surface area contributed by atoms with Crippen LogP contribution in [0.15, 0.2) is 54.6 Å². The monoisotopic (exact) mass is 369 g/mol. The summed E-state index contributed by atoms with van der Waals surface area (Å²) in [6.45, 7) is 0.975. The smallest absolute Gasteiger partial charge is 0.338 e. The molecule has 6 nitrogen and oxygen atoms in total. The molecule has 0 aliphatic carbocycles. The normalized spacial score (nSPS) is 16.0. The van der Waals surface area contributed by atoms with Crippen molar-refractivity contribution in [1.29, 1.82) is 0 Å². The van der Waals surface area contributed by atoms with Gasteiger partial charge in [-0.2, -0.15) is 0 Å². The number of carbonyl (C=O) groups excluding carboxylic acids is 2. The third kappa shape index (κ3) is 5.31. The zero-order chi connectivity index (χ0) is 19.1. The minimum Gasteiger partial charge on any atom is -0.491 e. The fraction of sp³-hybridized carbons (Fsp3) is 0.333. The number of ether oxygens (including phenoxy) is 3. The van der Waals surface area contributed by atoms with Gasteiger partial charge in [0.15, 0.2) is 6.61 Å². The lowest BCUT2D eigenvalue weighted by molar-refractivity contribution is -0.121. The predicted octanol–water partition coefficient (Wildman–Crippen LogP) is 3.06. The minimum atomic E-state index is -0.546.